The Morgan fingerprint density at radius 1 is 1.38 bits per heavy atom. The molecule has 3 atom stereocenters. The molecular formula is C10H22N2O3S. The minimum absolute atomic E-state index is 0.0710. The number of aliphatic hydroxyl groups excluding tert-OH is 1. The highest BCUT2D eigenvalue weighted by Crippen LogP contribution is 2.22. The first-order valence-electron chi connectivity index (χ1n) is 5.74. The number of hydrogen-bond donors (Lipinski definition) is 2. The van der Waals surface area contributed by atoms with Gasteiger partial charge in [0.1, 0.15) is 0 Å². The summed E-state index contributed by atoms with van der Waals surface area (Å²) in [6.45, 7) is 6.89. The lowest BCUT2D eigenvalue weighted by molar-refractivity contribution is 0.193. The van der Waals surface area contributed by atoms with Crippen LogP contribution in [0.5, 0.6) is 0 Å². The smallest absolute Gasteiger partial charge is 0.279 e. The molecule has 0 spiro atoms. The Balaban J connectivity index is 2.60. The van der Waals surface area contributed by atoms with Crippen LogP contribution >= 0.6 is 0 Å². The molecule has 0 aromatic heterocycles. The van der Waals surface area contributed by atoms with E-state index < -0.39 is 16.3 Å². The first-order valence-corrected chi connectivity index (χ1v) is 7.18. The molecule has 0 saturated carbocycles. The summed E-state index contributed by atoms with van der Waals surface area (Å²) in [5.74, 6) is 0.791. The first kappa shape index (κ1) is 13.9. The van der Waals surface area contributed by atoms with Crippen molar-refractivity contribution in [3.05, 3.63) is 0 Å². The molecule has 6 heteroatoms. The highest BCUT2D eigenvalue weighted by Gasteiger charge is 2.30. The maximum absolute atomic E-state index is 11.9. The van der Waals surface area contributed by atoms with Gasteiger partial charge in [0, 0.05) is 19.6 Å². The molecule has 1 heterocycles. The summed E-state index contributed by atoms with van der Waals surface area (Å²) in [7, 11) is -3.42. The average molecular weight is 250 g/mol. The minimum atomic E-state index is -3.42. The SMILES string of the molecule is C[C@@H]1C[C@@H](C)CN(S(=O)(=O)NC[C@H](C)O)C1. The molecule has 1 aliphatic rings. The predicted octanol–water partition coefficient (Wildman–Crippen LogP) is 0.179. The molecule has 1 rings (SSSR count). The van der Waals surface area contributed by atoms with Gasteiger partial charge in [-0.1, -0.05) is 13.8 Å². The van der Waals surface area contributed by atoms with Crippen molar-refractivity contribution in [2.24, 2.45) is 11.8 Å². The Hall–Kier alpha value is -0.170. The van der Waals surface area contributed by atoms with Crippen LogP contribution in [0.25, 0.3) is 0 Å². The fourth-order valence-corrected chi connectivity index (χ4v) is 3.66. The minimum Gasteiger partial charge on any atom is -0.392 e. The van der Waals surface area contributed by atoms with Crippen molar-refractivity contribution in [3.63, 3.8) is 0 Å². The largest absolute Gasteiger partial charge is 0.392 e. The molecule has 96 valence electrons. The van der Waals surface area contributed by atoms with E-state index in [9.17, 15) is 8.42 Å². The van der Waals surface area contributed by atoms with Crippen molar-refractivity contribution < 1.29 is 13.5 Å². The molecule has 0 amide bonds. The molecule has 0 unspecified atom stereocenters. The van der Waals surface area contributed by atoms with E-state index in [1.165, 1.54) is 4.31 Å². The molecule has 0 aromatic rings. The molecular weight excluding hydrogens is 228 g/mol. The van der Waals surface area contributed by atoms with Crippen LogP contribution in [0.2, 0.25) is 0 Å². The number of piperidine rings is 1. The van der Waals surface area contributed by atoms with Gasteiger partial charge in [-0.05, 0) is 25.2 Å². The maximum atomic E-state index is 11.9. The third-order valence-electron chi connectivity index (χ3n) is 2.74. The van der Waals surface area contributed by atoms with Crippen LogP contribution in [0.4, 0.5) is 0 Å². The summed E-state index contributed by atoms with van der Waals surface area (Å²) in [6.07, 6.45) is 0.414. The van der Waals surface area contributed by atoms with Gasteiger partial charge in [-0.25, -0.2) is 0 Å². The molecule has 0 aromatic carbocycles. The number of nitrogens with zero attached hydrogens (tertiary/aromatic N) is 1. The fraction of sp³-hybridized carbons (Fsp3) is 1.00. The fourth-order valence-electron chi connectivity index (χ4n) is 2.12. The van der Waals surface area contributed by atoms with Gasteiger partial charge in [0.05, 0.1) is 6.10 Å². The third kappa shape index (κ3) is 4.01. The molecule has 5 nitrogen and oxygen atoms in total. The van der Waals surface area contributed by atoms with Crippen LogP contribution in [0.15, 0.2) is 0 Å². The second-order valence-corrected chi connectivity index (χ2v) is 6.72. The van der Waals surface area contributed by atoms with E-state index >= 15 is 0 Å². The van der Waals surface area contributed by atoms with Gasteiger partial charge in [0.2, 0.25) is 0 Å². The molecule has 1 fully saturated rings. The Kier molecular flexibility index (Phi) is 4.73. The Morgan fingerprint density at radius 3 is 2.31 bits per heavy atom. The van der Waals surface area contributed by atoms with Gasteiger partial charge in [-0.15, -0.1) is 0 Å². The van der Waals surface area contributed by atoms with Gasteiger partial charge < -0.3 is 5.11 Å². The van der Waals surface area contributed by atoms with Gasteiger partial charge in [-0.2, -0.15) is 17.4 Å². The van der Waals surface area contributed by atoms with Crippen molar-refractivity contribution in [3.8, 4) is 0 Å². The molecule has 0 bridgehead atoms. The molecule has 1 aliphatic heterocycles. The molecule has 1 saturated heterocycles. The van der Waals surface area contributed by atoms with E-state index in [4.69, 9.17) is 5.11 Å². The van der Waals surface area contributed by atoms with Crippen LogP contribution in [0.1, 0.15) is 27.2 Å². The van der Waals surface area contributed by atoms with Crippen molar-refractivity contribution in [1.82, 2.24) is 9.03 Å². The highest BCUT2D eigenvalue weighted by molar-refractivity contribution is 7.87. The summed E-state index contributed by atoms with van der Waals surface area (Å²) in [5.41, 5.74) is 0. The van der Waals surface area contributed by atoms with Crippen molar-refractivity contribution >= 4 is 10.2 Å². The normalized spacial score (nSPS) is 30.2. The lowest BCUT2D eigenvalue weighted by Crippen LogP contribution is -2.49. The maximum Gasteiger partial charge on any atom is 0.279 e. The lowest BCUT2D eigenvalue weighted by atomic mass is 9.94. The quantitative estimate of drug-likeness (QED) is 0.748. The topological polar surface area (TPSA) is 69.6 Å². The zero-order valence-electron chi connectivity index (χ0n) is 10.2. The van der Waals surface area contributed by atoms with Gasteiger partial charge in [0.25, 0.3) is 10.2 Å². The number of nitrogens with one attached hydrogen (secondary N) is 1. The summed E-state index contributed by atoms with van der Waals surface area (Å²) in [6, 6.07) is 0. The first-order chi connectivity index (χ1) is 7.31. The Bertz CT molecular complexity index is 306. The van der Waals surface area contributed by atoms with Crippen LogP contribution in [-0.4, -0.2) is 43.6 Å². The number of aliphatic hydroxyl groups is 1. The molecule has 16 heavy (non-hydrogen) atoms. The molecule has 2 N–H and O–H groups in total. The van der Waals surface area contributed by atoms with E-state index in [1.807, 2.05) is 0 Å². The zero-order chi connectivity index (χ0) is 12.3. The number of hydrogen-bond acceptors (Lipinski definition) is 3. The Morgan fingerprint density at radius 2 is 1.88 bits per heavy atom. The van der Waals surface area contributed by atoms with Crippen LogP contribution < -0.4 is 4.72 Å². The predicted molar refractivity (Wildman–Crippen MR) is 63.1 cm³/mol. The van der Waals surface area contributed by atoms with E-state index in [0.29, 0.717) is 24.9 Å². The van der Waals surface area contributed by atoms with E-state index in [0.717, 1.165) is 6.42 Å². The zero-order valence-corrected chi connectivity index (χ0v) is 11.0. The standard InChI is InChI=1S/C10H22N2O3S/c1-8-4-9(2)7-12(6-8)16(14,15)11-5-10(3)13/h8-11,13H,4-7H2,1-3H3/t8-,9-,10+/m1/s1. The highest BCUT2D eigenvalue weighted by atomic mass is 32.2. The Labute approximate surface area is 98.0 Å². The average Bonchev–Trinajstić information content (AvgIpc) is 2.13. The van der Waals surface area contributed by atoms with E-state index in [2.05, 4.69) is 18.6 Å². The third-order valence-corrected chi connectivity index (χ3v) is 4.25. The molecule has 0 radical (unpaired) electrons. The molecule has 0 aliphatic carbocycles. The van der Waals surface area contributed by atoms with Gasteiger partial charge >= 0.3 is 0 Å². The van der Waals surface area contributed by atoms with Crippen molar-refractivity contribution in [2.75, 3.05) is 19.6 Å². The summed E-state index contributed by atoms with van der Waals surface area (Å²) < 4.78 is 27.7. The lowest BCUT2D eigenvalue weighted by Gasteiger charge is -2.34. The van der Waals surface area contributed by atoms with Crippen LogP contribution in [0.3, 0.4) is 0 Å². The summed E-state index contributed by atoms with van der Waals surface area (Å²) >= 11 is 0. The van der Waals surface area contributed by atoms with Crippen molar-refractivity contribution in [1.29, 1.82) is 0 Å². The second-order valence-electron chi connectivity index (χ2n) is 4.97. The van der Waals surface area contributed by atoms with Gasteiger partial charge in [-0.3, -0.25) is 0 Å². The number of rotatable bonds is 4. The second kappa shape index (κ2) is 5.44. The van der Waals surface area contributed by atoms with E-state index in [1.54, 1.807) is 6.92 Å². The van der Waals surface area contributed by atoms with E-state index in [-0.39, 0.29) is 6.54 Å². The summed E-state index contributed by atoms with van der Waals surface area (Å²) in [4.78, 5) is 0. The van der Waals surface area contributed by atoms with Gasteiger partial charge in [0.15, 0.2) is 0 Å². The van der Waals surface area contributed by atoms with Crippen LogP contribution in [0, 0.1) is 11.8 Å². The monoisotopic (exact) mass is 250 g/mol. The van der Waals surface area contributed by atoms with Crippen LogP contribution in [-0.2, 0) is 10.2 Å². The van der Waals surface area contributed by atoms with Crippen molar-refractivity contribution in [2.45, 2.75) is 33.3 Å². The summed E-state index contributed by atoms with van der Waals surface area (Å²) in [5, 5.41) is 9.07.